The minimum atomic E-state index is -0.319. The Morgan fingerprint density at radius 3 is 2.73 bits per heavy atom. The summed E-state index contributed by atoms with van der Waals surface area (Å²) in [6.45, 7) is 0.475. The predicted octanol–water partition coefficient (Wildman–Crippen LogP) is 0.617. The van der Waals surface area contributed by atoms with Crippen LogP contribution in [0.3, 0.4) is 0 Å². The van der Waals surface area contributed by atoms with Crippen LogP contribution in [0.25, 0.3) is 11.0 Å². The molecule has 1 fully saturated rings. The number of amides is 1. The fourth-order valence-corrected chi connectivity index (χ4v) is 3.22. The van der Waals surface area contributed by atoms with Crippen molar-refractivity contribution in [2.75, 3.05) is 6.54 Å². The zero-order valence-electron chi connectivity index (χ0n) is 12.7. The molecule has 0 saturated heterocycles. The number of aliphatic hydroxyl groups is 1. The Morgan fingerprint density at radius 1 is 1.32 bits per heavy atom. The largest absolute Gasteiger partial charge is 0.393 e. The van der Waals surface area contributed by atoms with Gasteiger partial charge in [-0.25, -0.2) is 4.79 Å². The third kappa shape index (κ3) is 2.66. The molecule has 1 amide bonds. The average molecular weight is 303 g/mol. The first-order valence-electron chi connectivity index (χ1n) is 7.67. The van der Waals surface area contributed by atoms with Crippen LogP contribution in [-0.2, 0) is 18.4 Å². The number of benzene rings is 1. The standard InChI is InChI=1S/C16H21N3O3/c1-18-12-6-2-3-7-13(12)19(16(18)22)10-15(21)17-9-11-5-4-8-14(11)20/h2-3,6-7,11,14,20H,4-5,8-10H2,1H3,(H,17,21)/t11-,14-/m0/s1. The number of hydrogen-bond donors (Lipinski definition) is 2. The van der Waals surface area contributed by atoms with Crippen LogP contribution in [0.1, 0.15) is 19.3 Å². The van der Waals surface area contributed by atoms with Crippen LogP contribution in [0.4, 0.5) is 0 Å². The monoisotopic (exact) mass is 303 g/mol. The second-order valence-corrected chi connectivity index (χ2v) is 5.98. The van der Waals surface area contributed by atoms with E-state index in [-0.39, 0.29) is 30.2 Å². The van der Waals surface area contributed by atoms with Gasteiger partial charge in [0.05, 0.1) is 17.1 Å². The van der Waals surface area contributed by atoms with Gasteiger partial charge < -0.3 is 10.4 Å². The van der Waals surface area contributed by atoms with E-state index in [0.29, 0.717) is 6.54 Å². The van der Waals surface area contributed by atoms with E-state index in [1.807, 2.05) is 24.3 Å². The van der Waals surface area contributed by atoms with Crippen molar-refractivity contribution in [3.63, 3.8) is 0 Å². The van der Waals surface area contributed by atoms with Gasteiger partial charge in [0.15, 0.2) is 0 Å². The number of nitrogens with zero attached hydrogens (tertiary/aromatic N) is 2. The second kappa shape index (κ2) is 5.96. The Labute approximate surface area is 128 Å². The quantitative estimate of drug-likeness (QED) is 0.869. The summed E-state index contributed by atoms with van der Waals surface area (Å²) in [7, 11) is 1.70. The number of nitrogens with one attached hydrogen (secondary N) is 1. The molecule has 118 valence electrons. The highest BCUT2D eigenvalue weighted by Crippen LogP contribution is 2.24. The van der Waals surface area contributed by atoms with E-state index < -0.39 is 0 Å². The minimum Gasteiger partial charge on any atom is -0.393 e. The van der Waals surface area contributed by atoms with E-state index in [2.05, 4.69) is 5.32 Å². The lowest BCUT2D eigenvalue weighted by atomic mass is 10.1. The fourth-order valence-electron chi connectivity index (χ4n) is 3.22. The van der Waals surface area contributed by atoms with Crippen LogP contribution >= 0.6 is 0 Å². The predicted molar refractivity (Wildman–Crippen MR) is 83.5 cm³/mol. The Bertz CT molecular complexity index is 747. The highest BCUT2D eigenvalue weighted by molar-refractivity contribution is 5.80. The number of carbonyl (C=O) groups excluding carboxylic acids is 1. The molecule has 0 unspecified atom stereocenters. The second-order valence-electron chi connectivity index (χ2n) is 5.98. The highest BCUT2D eigenvalue weighted by Gasteiger charge is 2.25. The number of para-hydroxylation sites is 2. The number of aromatic nitrogens is 2. The topological polar surface area (TPSA) is 76.3 Å². The molecule has 1 aliphatic carbocycles. The highest BCUT2D eigenvalue weighted by atomic mass is 16.3. The lowest BCUT2D eigenvalue weighted by molar-refractivity contribution is -0.121. The van der Waals surface area contributed by atoms with Crippen molar-refractivity contribution in [2.45, 2.75) is 31.9 Å². The third-order valence-corrected chi connectivity index (χ3v) is 4.53. The van der Waals surface area contributed by atoms with Crippen molar-refractivity contribution < 1.29 is 9.90 Å². The molecule has 1 aromatic heterocycles. The van der Waals surface area contributed by atoms with Gasteiger partial charge in [-0.2, -0.15) is 0 Å². The summed E-state index contributed by atoms with van der Waals surface area (Å²) in [6, 6.07) is 7.42. The normalized spacial score (nSPS) is 21.4. The molecular weight excluding hydrogens is 282 g/mol. The molecule has 1 aliphatic rings. The lowest BCUT2D eigenvalue weighted by Crippen LogP contribution is -2.36. The van der Waals surface area contributed by atoms with Crippen LogP contribution in [-0.4, -0.2) is 32.8 Å². The van der Waals surface area contributed by atoms with E-state index in [1.165, 1.54) is 4.57 Å². The molecule has 3 rings (SSSR count). The van der Waals surface area contributed by atoms with Gasteiger partial charge in [-0.3, -0.25) is 13.9 Å². The van der Waals surface area contributed by atoms with Gasteiger partial charge in [0, 0.05) is 19.5 Å². The molecule has 1 aromatic carbocycles. The van der Waals surface area contributed by atoms with Crippen LogP contribution in [0.2, 0.25) is 0 Å². The summed E-state index contributed by atoms with van der Waals surface area (Å²) in [6.07, 6.45) is 2.43. The number of carbonyl (C=O) groups is 1. The maximum atomic E-state index is 12.2. The number of aliphatic hydroxyl groups excluding tert-OH is 1. The molecule has 0 spiro atoms. The first-order valence-corrected chi connectivity index (χ1v) is 7.67. The van der Waals surface area contributed by atoms with Crippen molar-refractivity contribution >= 4 is 16.9 Å². The Morgan fingerprint density at radius 2 is 2.05 bits per heavy atom. The molecule has 0 aliphatic heterocycles. The number of hydrogen-bond acceptors (Lipinski definition) is 3. The molecule has 2 atom stereocenters. The SMILES string of the molecule is Cn1c(=O)n(CC(=O)NC[C@@H]2CCC[C@@H]2O)c2ccccc21. The Balaban J connectivity index is 1.72. The Hall–Kier alpha value is -2.08. The van der Waals surface area contributed by atoms with Gasteiger partial charge in [0.1, 0.15) is 6.54 Å². The van der Waals surface area contributed by atoms with Crippen molar-refractivity contribution in [2.24, 2.45) is 13.0 Å². The number of imidazole rings is 1. The van der Waals surface area contributed by atoms with Crippen LogP contribution in [0, 0.1) is 5.92 Å². The van der Waals surface area contributed by atoms with Crippen LogP contribution in [0.15, 0.2) is 29.1 Å². The molecule has 2 aromatic rings. The molecule has 0 radical (unpaired) electrons. The van der Waals surface area contributed by atoms with E-state index in [1.54, 1.807) is 11.6 Å². The molecular formula is C16H21N3O3. The molecule has 22 heavy (non-hydrogen) atoms. The summed E-state index contributed by atoms with van der Waals surface area (Å²) in [4.78, 5) is 24.4. The molecule has 6 heteroatoms. The number of aryl methyl sites for hydroxylation is 1. The first-order chi connectivity index (χ1) is 10.6. The first kappa shape index (κ1) is 14.8. The van der Waals surface area contributed by atoms with Crippen molar-refractivity contribution in [3.8, 4) is 0 Å². The molecule has 6 nitrogen and oxygen atoms in total. The Kier molecular flexibility index (Phi) is 4.02. The van der Waals surface area contributed by atoms with Gasteiger partial charge in [-0.05, 0) is 25.0 Å². The van der Waals surface area contributed by atoms with E-state index >= 15 is 0 Å². The number of rotatable bonds is 4. The van der Waals surface area contributed by atoms with Crippen LogP contribution in [0.5, 0.6) is 0 Å². The molecule has 1 saturated carbocycles. The van der Waals surface area contributed by atoms with Gasteiger partial charge in [0.25, 0.3) is 0 Å². The van der Waals surface area contributed by atoms with Gasteiger partial charge in [-0.1, -0.05) is 18.6 Å². The fraction of sp³-hybridized carbons (Fsp3) is 0.500. The zero-order chi connectivity index (χ0) is 15.7. The summed E-state index contributed by atoms with van der Waals surface area (Å²) < 4.78 is 3.03. The van der Waals surface area contributed by atoms with E-state index in [0.717, 1.165) is 30.3 Å². The third-order valence-electron chi connectivity index (χ3n) is 4.53. The molecule has 1 heterocycles. The summed E-state index contributed by atoms with van der Waals surface area (Å²) in [5, 5.41) is 12.6. The van der Waals surface area contributed by atoms with Crippen molar-refractivity contribution in [1.29, 1.82) is 0 Å². The van der Waals surface area contributed by atoms with Crippen LogP contribution < -0.4 is 11.0 Å². The summed E-state index contributed by atoms with van der Waals surface area (Å²) >= 11 is 0. The summed E-state index contributed by atoms with van der Waals surface area (Å²) in [5.41, 5.74) is 1.37. The molecule has 0 bridgehead atoms. The van der Waals surface area contributed by atoms with Crippen molar-refractivity contribution in [1.82, 2.24) is 14.5 Å². The van der Waals surface area contributed by atoms with Gasteiger partial charge in [-0.15, -0.1) is 0 Å². The maximum Gasteiger partial charge on any atom is 0.329 e. The molecule has 2 N–H and O–H groups in total. The van der Waals surface area contributed by atoms with Gasteiger partial charge in [0.2, 0.25) is 5.91 Å². The average Bonchev–Trinajstić information content (AvgIpc) is 3.03. The number of fused-ring (bicyclic) bond motifs is 1. The smallest absolute Gasteiger partial charge is 0.329 e. The van der Waals surface area contributed by atoms with Crippen molar-refractivity contribution in [3.05, 3.63) is 34.7 Å². The maximum absolute atomic E-state index is 12.2. The minimum absolute atomic E-state index is 0.00298. The summed E-state index contributed by atoms with van der Waals surface area (Å²) in [5.74, 6) is -0.0641. The lowest BCUT2D eigenvalue weighted by Gasteiger charge is -2.15. The van der Waals surface area contributed by atoms with E-state index in [4.69, 9.17) is 0 Å². The van der Waals surface area contributed by atoms with Gasteiger partial charge >= 0.3 is 5.69 Å². The zero-order valence-corrected chi connectivity index (χ0v) is 12.7. The van der Waals surface area contributed by atoms with E-state index in [9.17, 15) is 14.7 Å².